The average molecular weight is 377 g/mol. The van der Waals surface area contributed by atoms with Crippen molar-refractivity contribution in [1.29, 1.82) is 0 Å². The lowest BCUT2D eigenvalue weighted by Crippen LogP contribution is -2.25. The molecule has 0 unspecified atom stereocenters. The SMILES string of the molecule is CCC(=O)N(C)c1ccc(-c2ccc(C(=O)Cc3cccnc3)nc2)cc1F. The summed E-state index contributed by atoms with van der Waals surface area (Å²) in [6.45, 7) is 1.73. The molecule has 0 saturated heterocycles. The Hall–Kier alpha value is -3.41. The average Bonchev–Trinajstić information content (AvgIpc) is 2.73. The van der Waals surface area contributed by atoms with Gasteiger partial charge in [-0.05, 0) is 35.4 Å². The molecule has 1 aromatic carbocycles. The van der Waals surface area contributed by atoms with Crippen molar-refractivity contribution in [2.24, 2.45) is 0 Å². The van der Waals surface area contributed by atoms with Gasteiger partial charge in [-0.1, -0.05) is 25.1 Å². The Morgan fingerprint density at radius 1 is 1.07 bits per heavy atom. The zero-order valence-corrected chi connectivity index (χ0v) is 15.7. The monoisotopic (exact) mass is 377 g/mol. The number of ketones is 1. The van der Waals surface area contributed by atoms with Crippen LogP contribution < -0.4 is 4.90 Å². The van der Waals surface area contributed by atoms with Crippen LogP contribution in [0.1, 0.15) is 29.4 Å². The highest BCUT2D eigenvalue weighted by Gasteiger charge is 2.15. The molecule has 0 fully saturated rings. The summed E-state index contributed by atoms with van der Waals surface area (Å²) >= 11 is 0. The number of halogens is 1. The fourth-order valence-corrected chi connectivity index (χ4v) is 2.84. The molecule has 0 spiro atoms. The molecule has 28 heavy (non-hydrogen) atoms. The molecule has 0 radical (unpaired) electrons. The normalized spacial score (nSPS) is 10.5. The number of carbonyl (C=O) groups excluding carboxylic acids is 2. The van der Waals surface area contributed by atoms with Crippen molar-refractivity contribution in [3.63, 3.8) is 0 Å². The van der Waals surface area contributed by atoms with E-state index in [4.69, 9.17) is 0 Å². The van der Waals surface area contributed by atoms with E-state index in [1.165, 1.54) is 11.0 Å². The van der Waals surface area contributed by atoms with Gasteiger partial charge in [-0.2, -0.15) is 0 Å². The highest BCUT2D eigenvalue weighted by molar-refractivity contribution is 5.96. The van der Waals surface area contributed by atoms with Crippen molar-refractivity contribution in [3.05, 3.63) is 78.1 Å². The van der Waals surface area contributed by atoms with Crippen molar-refractivity contribution in [1.82, 2.24) is 9.97 Å². The molecule has 2 heterocycles. The second-order valence-corrected chi connectivity index (χ2v) is 6.37. The molecule has 1 amide bonds. The summed E-state index contributed by atoms with van der Waals surface area (Å²) in [4.78, 5) is 33.6. The second kappa shape index (κ2) is 8.52. The maximum atomic E-state index is 14.5. The van der Waals surface area contributed by atoms with Crippen molar-refractivity contribution in [3.8, 4) is 11.1 Å². The van der Waals surface area contributed by atoms with Gasteiger partial charge in [0.25, 0.3) is 0 Å². The fourth-order valence-electron chi connectivity index (χ4n) is 2.84. The van der Waals surface area contributed by atoms with Crippen LogP contribution in [0.2, 0.25) is 0 Å². The van der Waals surface area contributed by atoms with Gasteiger partial charge in [0.2, 0.25) is 5.91 Å². The third-order valence-electron chi connectivity index (χ3n) is 4.46. The Balaban J connectivity index is 1.77. The van der Waals surface area contributed by atoms with E-state index in [2.05, 4.69) is 9.97 Å². The maximum Gasteiger partial charge on any atom is 0.226 e. The lowest BCUT2D eigenvalue weighted by atomic mass is 10.0. The molecule has 0 saturated carbocycles. The number of hydrogen-bond acceptors (Lipinski definition) is 4. The Kier molecular flexibility index (Phi) is 5.89. The minimum absolute atomic E-state index is 0.110. The highest BCUT2D eigenvalue weighted by Crippen LogP contribution is 2.26. The molecule has 0 aliphatic heterocycles. The quantitative estimate of drug-likeness (QED) is 0.607. The van der Waals surface area contributed by atoms with E-state index in [-0.39, 0.29) is 23.8 Å². The first-order valence-corrected chi connectivity index (χ1v) is 8.94. The summed E-state index contributed by atoms with van der Waals surface area (Å²) in [5, 5.41) is 0. The van der Waals surface area contributed by atoms with Crippen LogP contribution in [0.4, 0.5) is 10.1 Å². The van der Waals surface area contributed by atoms with Crippen LogP contribution in [0.25, 0.3) is 11.1 Å². The first kappa shape index (κ1) is 19.4. The Morgan fingerprint density at radius 2 is 1.86 bits per heavy atom. The number of pyridine rings is 2. The number of hydrogen-bond donors (Lipinski definition) is 0. The zero-order valence-electron chi connectivity index (χ0n) is 15.7. The predicted molar refractivity (Wildman–Crippen MR) is 106 cm³/mol. The van der Waals surface area contributed by atoms with E-state index >= 15 is 0 Å². The predicted octanol–water partition coefficient (Wildman–Crippen LogP) is 4.08. The van der Waals surface area contributed by atoms with Crippen molar-refractivity contribution in [2.75, 3.05) is 11.9 Å². The topological polar surface area (TPSA) is 63.2 Å². The van der Waals surface area contributed by atoms with Gasteiger partial charge in [-0.25, -0.2) is 4.39 Å². The summed E-state index contributed by atoms with van der Waals surface area (Å²) in [5.41, 5.74) is 2.71. The standard InChI is InChI=1S/C22H20FN3O2/c1-3-22(28)26(2)20-9-7-16(12-18(20)23)17-6-8-19(25-14-17)21(27)11-15-5-4-10-24-13-15/h4-10,12-14H,3,11H2,1-2H3. The maximum absolute atomic E-state index is 14.5. The van der Waals surface area contributed by atoms with Crippen molar-refractivity contribution in [2.45, 2.75) is 19.8 Å². The summed E-state index contributed by atoms with van der Waals surface area (Å²) in [7, 11) is 1.55. The zero-order chi connectivity index (χ0) is 20.1. The van der Waals surface area contributed by atoms with E-state index in [1.807, 2.05) is 6.07 Å². The summed E-state index contributed by atoms with van der Waals surface area (Å²) in [6.07, 6.45) is 5.38. The first-order valence-electron chi connectivity index (χ1n) is 8.94. The number of benzene rings is 1. The van der Waals surface area contributed by atoms with Crippen LogP contribution in [0.3, 0.4) is 0 Å². The molecule has 0 bridgehead atoms. The summed E-state index contributed by atoms with van der Waals surface area (Å²) < 4.78 is 14.5. The van der Waals surface area contributed by atoms with Gasteiger partial charge >= 0.3 is 0 Å². The molecule has 6 heteroatoms. The van der Waals surface area contributed by atoms with Crippen LogP contribution in [0.15, 0.2) is 61.1 Å². The third-order valence-corrected chi connectivity index (χ3v) is 4.46. The van der Waals surface area contributed by atoms with Gasteiger partial charge in [0.05, 0.1) is 5.69 Å². The molecule has 2 aromatic heterocycles. The molecule has 0 aliphatic rings. The molecular weight excluding hydrogens is 357 g/mol. The molecule has 5 nitrogen and oxygen atoms in total. The van der Waals surface area contributed by atoms with Gasteiger partial charge in [0.1, 0.15) is 11.5 Å². The summed E-state index contributed by atoms with van der Waals surface area (Å²) in [6, 6.07) is 11.6. The number of amides is 1. The summed E-state index contributed by atoms with van der Waals surface area (Å²) in [5.74, 6) is -0.760. The fraction of sp³-hybridized carbons (Fsp3) is 0.182. The number of aromatic nitrogens is 2. The van der Waals surface area contributed by atoms with E-state index in [0.717, 1.165) is 5.56 Å². The van der Waals surface area contributed by atoms with Crippen molar-refractivity contribution >= 4 is 17.4 Å². The van der Waals surface area contributed by atoms with Crippen LogP contribution in [0, 0.1) is 5.82 Å². The molecule has 0 N–H and O–H groups in total. The molecule has 0 aliphatic carbocycles. The molecular formula is C22H20FN3O2. The van der Waals surface area contributed by atoms with Crippen molar-refractivity contribution < 1.29 is 14.0 Å². The Morgan fingerprint density at radius 3 is 2.46 bits per heavy atom. The third kappa shape index (κ3) is 4.28. The minimum atomic E-state index is -0.487. The Labute approximate surface area is 162 Å². The smallest absolute Gasteiger partial charge is 0.226 e. The lowest BCUT2D eigenvalue weighted by Gasteiger charge is -2.17. The molecule has 0 atom stereocenters. The van der Waals surface area contributed by atoms with Crippen LogP contribution in [-0.2, 0) is 11.2 Å². The number of rotatable bonds is 6. The number of carbonyl (C=O) groups is 2. The number of nitrogens with zero attached hydrogens (tertiary/aromatic N) is 3. The largest absolute Gasteiger partial charge is 0.313 e. The molecule has 142 valence electrons. The van der Waals surface area contributed by atoms with E-state index < -0.39 is 5.82 Å². The number of anilines is 1. The first-order chi connectivity index (χ1) is 13.5. The van der Waals surface area contributed by atoms with Crippen LogP contribution >= 0.6 is 0 Å². The number of Topliss-reactive ketones (excluding diaryl/α,β-unsaturated/α-hetero) is 1. The molecule has 3 aromatic rings. The second-order valence-electron chi connectivity index (χ2n) is 6.37. The van der Waals surface area contributed by atoms with E-state index in [1.54, 1.807) is 62.9 Å². The van der Waals surface area contributed by atoms with Crippen LogP contribution in [0.5, 0.6) is 0 Å². The van der Waals surface area contributed by atoms with Crippen LogP contribution in [-0.4, -0.2) is 28.7 Å². The van der Waals surface area contributed by atoms with Gasteiger partial charge < -0.3 is 4.90 Å². The highest BCUT2D eigenvalue weighted by atomic mass is 19.1. The minimum Gasteiger partial charge on any atom is -0.313 e. The lowest BCUT2D eigenvalue weighted by molar-refractivity contribution is -0.118. The molecule has 3 rings (SSSR count). The van der Waals surface area contributed by atoms with E-state index in [9.17, 15) is 14.0 Å². The van der Waals surface area contributed by atoms with E-state index in [0.29, 0.717) is 23.2 Å². The van der Waals surface area contributed by atoms with Gasteiger partial charge in [0.15, 0.2) is 5.78 Å². The van der Waals surface area contributed by atoms with Gasteiger partial charge in [-0.15, -0.1) is 0 Å². The Bertz CT molecular complexity index is 988. The van der Waals surface area contributed by atoms with Gasteiger partial charge in [-0.3, -0.25) is 19.6 Å². The van der Waals surface area contributed by atoms with Gasteiger partial charge in [0, 0.05) is 44.0 Å².